The molecule has 0 amide bonds. The van der Waals surface area contributed by atoms with Crippen LogP contribution in [0.25, 0.3) is 10.9 Å². The summed E-state index contributed by atoms with van der Waals surface area (Å²) in [5.74, 6) is -0.196. The number of rotatable bonds is 1. The number of halogens is 2. The van der Waals surface area contributed by atoms with Crippen LogP contribution in [0, 0.1) is 5.82 Å². The van der Waals surface area contributed by atoms with Gasteiger partial charge in [0.1, 0.15) is 5.15 Å². The Labute approximate surface area is 79.3 Å². The van der Waals surface area contributed by atoms with Gasteiger partial charge in [0.25, 0.3) is 0 Å². The van der Waals surface area contributed by atoms with Crippen LogP contribution in [0.2, 0.25) is 5.15 Å². The van der Waals surface area contributed by atoms with Crippen molar-refractivity contribution in [1.82, 2.24) is 4.98 Å². The molecule has 0 bridgehead atoms. The Morgan fingerprint density at radius 1 is 1.46 bits per heavy atom. The van der Waals surface area contributed by atoms with Crippen molar-refractivity contribution in [1.29, 1.82) is 0 Å². The highest BCUT2D eigenvalue weighted by atomic mass is 35.5. The number of ether oxygens (including phenoxy) is 1. The Hall–Kier alpha value is -1.22. The lowest BCUT2D eigenvalue weighted by molar-refractivity contribution is 0.391. The molecule has 0 fully saturated rings. The summed E-state index contributed by atoms with van der Waals surface area (Å²) >= 11 is 5.73. The van der Waals surface area contributed by atoms with Gasteiger partial charge in [-0.25, -0.2) is 4.39 Å². The number of H-pyrrole nitrogens is 1. The van der Waals surface area contributed by atoms with Gasteiger partial charge in [0.15, 0.2) is 11.6 Å². The SMILES string of the molecule is COc1c(F)ccc2cc(Cl)[nH]c12. The molecule has 2 rings (SSSR count). The maximum absolute atomic E-state index is 13.1. The summed E-state index contributed by atoms with van der Waals surface area (Å²) in [6.07, 6.45) is 0. The van der Waals surface area contributed by atoms with Gasteiger partial charge in [0.05, 0.1) is 12.6 Å². The molecule has 2 nitrogen and oxygen atoms in total. The average molecular weight is 200 g/mol. The van der Waals surface area contributed by atoms with Gasteiger partial charge in [-0.15, -0.1) is 0 Å². The van der Waals surface area contributed by atoms with Gasteiger partial charge in [-0.1, -0.05) is 11.6 Å². The highest BCUT2D eigenvalue weighted by molar-refractivity contribution is 6.30. The van der Waals surface area contributed by atoms with Crippen LogP contribution in [0.4, 0.5) is 4.39 Å². The van der Waals surface area contributed by atoms with E-state index in [0.717, 1.165) is 5.39 Å². The maximum atomic E-state index is 13.1. The number of hydrogen-bond acceptors (Lipinski definition) is 1. The van der Waals surface area contributed by atoms with Crippen molar-refractivity contribution in [2.45, 2.75) is 0 Å². The van der Waals surface area contributed by atoms with Crippen LogP contribution >= 0.6 is 11.6 Å². The van der Waals surface area contributed by atoms with E-state index < -0.39 is 5.82 Å². The Balaban J connectivity index is 2.82. The topological polar surface area (TPSA) is 25.0 Å². The van der Waals surface area contributed by atoms with E-state index in [1.54, 1.807) is 12.1 Å². The Bertz CT molecular complexity index is 452. The second-order valence-electron chi connectivity index (χ2n) is 2.66. The first kappa shape index (κ1) is 8.38. The van der Waals surface area contributed by atoms with E-state index in [1.807, 2.05) is 0 Å². The smallest absolute Gasteiger partial charge is 0.178 e. The molecule has 0 aliphatic heterocycles. The highest BCUT2D eigenvalue weighted by Gasteiger charge is 2.09. The number of fused-ring (bicyclic) bond motifs is 1. The molecule has 1 aromatic carbocycles. The quantitative estimate of drug-likeness (QED) is 0.751. The molecule has 0 spiro atoms. The zero-order valence-electron chi connectivity index (χ0n) is 6.90. The predicted octanol–water partition coefficient (Wildman–Crippen LogP) is 2.97. The van der Waals surface area contributed by atoms with Gasteiger partial charge in [-0.3, -0.25) is 0 Å². The van der Waals surface area contributed by atoms with Crippen molar-refractivity contribution in [3.05, 3.63) is 29.2 Å². The lowest BCUT2D eigenvalue weighted by Crippen LogP contribution is -1.88. The number of nitrogens with one attached hydrogen (secondary N) is 1. The second kappa shape index (κ2) is 2.92. The third-order valence-corrected chi connectivity index (χ3v) is 2.08. The van der Waals surface area contributed by atoms with Gasteiger partial charge in [0.2, 0.25) is 0 Å². The summed E-state index contributed by atoms with van der Waals surface area (Å²) in [6.45, 7) is 0. The third kappa shape index (κ3) is 1.25. The number of hydrogen-bond donors (Lipinski definition) is 1. The molecule has 0 unspecified atom stereocenters. The zero-order valence-corrected chi connectivity index (χ0v) is 7.65. The zero-order chi connectivity index (χ0) is 9.42. The molecular weight excluding hydrogens is 193 g/mol. The molecule has 1 N–H and O–H groups in total. The lowest BCUT2D eigenvalue weighted by atomic mass is 10.2. The third-order valence-electron chi connectivity index (χ3n) is 1.87. The standard InChI is InChI=1S/C9H7ClFNO/c1-13-9-6(11)3-2-5-4-7(10)12-8(5)9/h2-4,12H,1H3. The Morgan fingerprint density at radius 2 is 2.23 bits per heavy atom. The van der Waals surface area contributed by atoms with Crippen LogP contribution < -0.4 is 4.74 Å². The largest absolute Gasteiger partial charge is 0.492 e. The minimum Gasteiger partial charge on any atom is -0.492 e. The van der Waals surface area contributed by atoms with Crippen LogP contribution in [0.15, 0.2) is 18.2 Å². The van der Waals surface area contributed by atoms with Gasteiger partial charge < -0.3 is 9.72 Å². The molecule has 0 saturated heterocycles. The monoisotopic (exact) mass is 199 g/mol. The summed E-state index contributed by atoms with van der Waals surface area (Å²) in [5, 5.41) is 1.31. The summed E-state index contributed by atoms with van der Waals surface area (Å²) in [5.41, 5.74) is 0.590. The van der Waals surface area contributed by atoms with Crippen molar-refractivity contribution in [3.8, 4) is 5.75 Å². The number of aromatic nitrogens is 1. The second-order valence-corrected chi connectivity index (χ2v) is 3.07. The van der Waals surface area contributed by atoms with Crippen molar-refractivity contribution in [2.24, 2.45) is 0 Å². The molecule has 4 heteroatoms. The minimum atomic E-state index is -0.395. The molecule has 1 heterocycles. The van der Waals surface area contributed by atoms with Crippen LogP contribution in [0.5, 0.6) is 5.75 Å². The summed E-state index contributed by atoms with van der Waals surface area (Å²) in [4.78, 5) is 2.82. The van der Waals surface area contributed by atoms with Gasteiger partial charge >= 0.3 is 0 Å². The van der Waals surface area contributed by atoms with Gasteiger partial charge in [-0.2, -0.15) is 0 Å². The number of methoxy groups -OCH3 is 1. The molecule has 1 aromatic heterocycles. The molecule has 0 saturated carbocycles. The van der Waals surface area contributed by atoms with E-state index in [1.165, 1.54) is 13.2 Å². The fraction of sp³-hybridized carbons (Fsp3) is 0.111. The van der Waals surface area contributed by atoms with E-state index in [9.17, 15) is 4.39 Å². The van der Waals surface area contributed by atoms with Crippen molar-refractivity contribution < 1.29 is 9.13 Å². The summed E-state index contributed by atoms with van der Waals surface area (Å²) in [6, 6.07) is 4.72. The van der Waals surface area contributed by atoms with Crippen LogP contribution in [0.1, 0.15) is 0 Å². The van der Waals surface area contributed by atoms with Gasteiger partial charge in [0, 0.05) is 5.39 Å². The minimum absolute atomic E-state index is 0.199. The molecule has 68 valence electrons. The number of aromatic amines is 1. The molecule has 0 atom stereocenters. The predicted molar refractivity (Wildman–Crippen MR) is 49.8 cm³/mol. The molecular formula is C9H7ClFNO. The first-order chi connectivity index (χ1) is 6.22. The van der Waals surface area contributed by atoms with Gasteiger partial charge in [-0.05, 0) is 18.2 Å². The maximum Gasteiger partial charge on any atom is 0.178 e. The summed E-state index contributed by atoms with van der Waals surface area (Å²) < 4.78 is 18.0. The lowest BCUT2D eigenvalue weighted by Gasteiger charge is -2.01. The Morgan fingerprint density at radius 3 is 2.92 bits per heavy atom. The van der Waals surface area contributed by atoms with Crippen molar-refractivity contribution in [3.63, 3.8) is 0 Å². The van der Waals surface area contributed by atoms with E-state index in [2.05, 4.69) is 4.98 Å². The van der Waals surface area contributed by atoms with Crippen LogP contribution in [-0.4, -0.2) is 12.1 Å². The fourth-order valence-electron chi connectivity index (χ4n) is 1.31. The molecule has 0 radical (unpaired) electrons. The van der Waals surface area contributed by atoms with E-state index in [4.69, 9.17) is 16.3 Å². The Kier molecular flexibility index (Phi) is 1.88. The first-order valence-electron chi connectivity index (χ1n) is 3.73. The van der Waals surface area contributed by atoms with E-state index in [0.29, 0.717) is 10.7 Å². The highest BCUT2D eigenvalue weighted by Crippen LogP contribution is 2.29. The average Bonchev–Trinajstić information content (AvgIpc) is 2.45. The van der Waals surface area contributed by atoms with Crippen molar-refractivity contribution >= 4 is 22.5 Å². The molecule has 0 aliphatic carbocycles. The normalized spacial score (nSPS) is 10.7. The molecule has 13 heavy (non-hydrogen) atoms. The summed E-state index contributed by atoms with van der Waals surface area (Å²) in [7, 11) is 1.42. The van der Waals surface area contributed by atoms with Crippen LogP contribution in [0.3, 0.4) is 0 Å². The van der Waals surface area contributed by atoms with Crippen molar-refractivity contribution in [2.75, 3.05) is 7.11 Å². The fourth-order valence-corrected chi connectivity index (χ4v) is 1.53. The number of benzene rings is 1. The van der Waals surface area contributed by atoms with E-state index in [-0.39, 0.29) is 5.75 Å². The molecule has 0 aliphatic rings. The van der Waals surface area contributed by atoms with E-state index >= 15 is 0 Å². The molecule has 2 aromatic rings. The first-order valence-corrected chi connectivity index (χ1v) is 4.11. The van der Waals surface area contributed by atoms with Crippen LogP contribution in [-0.2, 0) is 0 Å².